The predicted molar refractivity (Wildman–Crippen MR) is 98.7 cm³/mol. The Bertz CT molecular complexity index is 1100. The van der Waals surface area contributed by atoms with E-state index >= 15 is 0 Å². The molecule has 3 rings (SSSR count). The maximum absolute atomic E-state index is 12.4. The lowest BCUT2D eigenvalue weighted by molar-refractivity contribution is 0.0526. The van der Waals surface area contributed by atoms with E-state index in [0.717, 1.165) is 11.3 Å². The zero-order valence-corrected chi connectivity index (χ0v) is 15.0. The highest BCUT2D eigenvalue weighted by Gasteiger charge is 2.14. The van der Waals surface area contributed by atoms with Gasteiger partial charge in [-0.25, -0.2) is 14.3 Å². The lowest BCUT2D eigenvalue weighted by atomic mass is 10.1. The van der Waals surface area contributed by atoms with Gasteiger partial charge in [-0.2, -0.15) is 0 Å². The van der Waals surface area contributed by atoms with Gasteiger partial charge in [0.25, 0.3) is 5.91 Å². The Morgan fingerprint density at radius 2 is 1.74 bits per heavy atom. The number of amides is 1. The van der Waals surface area contributed by atoms with Crippen molar-refractivity contribution < 1.29 is 24.2 Å². The summed E-state index contributed by atoms with van der Waals surface area (Å²) < 4.78 is 6.92. The van der Waals surface area contributed by atoms with Gasteiger partial charge in [0.15, 0.2) is 0 Å². The maximum Gasteiger partial charge on any atom is 0.338 e. The first-order chi connectivity index (χ1) is 12.9. The quantitative estimate of drug-likeness (QED) is 0.583. The van der Waals surface area contributed by atoms with Crippen LogP contribution >= 0.6 is 11.3 Å². The third-order valence-electron chi connectivity index (χ3n) is 3.73. The SMILES string of the molecule is CCOC(=O)c1ccc2c(c1)sc(=N)n2NC(=O)c1ccc(C(=O)O)cc1. The number of hydrogen-bond donors (Lipinski definition) is 3. The molecular formula is C18H15N3O5S. The first-order valence-corrected chi connectivity index (χ1v) is 8.74. The number of nitrogens with one attached hydrogen (secondary N) is 2. The third kappa shape index (κ3) is 3.72. The van der Waals surface area contributed by atoms with Crippen LogP contribution in [0.5, 0.6) is 0 Å². The fraction of sp³-hybridized carbons (Fsp3) is 0.111. The Kier molecular flexibility index (Phi) is 5.04. The van der Waals surface area contributed by atoms with Crippen LogP contribution in [-0.4, -0.2) is 34.2 Å². The molecule has 0 saturated carbocycles. The maximum atomic E-state index is 12.4. The van der Waals surface area contributed by atoms with Gasteiger partial charge in [0.2, 0.25) is 4.80 Å². The molecule has 1 amide bonds. The molecule has 9 heteroatoms. The van der Waals surface area contributed by atoms with Crippen LogP contribution in [0.4, 0.5) is 0 Å². The number of rotatable bonds is 5. The standard InChI is InChI=1S/C18H15N3O5S/c1-2-26-17(25)12-7-8-13-14(9-12)27-18(19)21(13)20-15(22)10-3-5-11(6-4-10)16(23)24/h3-9,19H,2H2,1H3,(H,20,22)(H,23,24). The van der Waals surface area contributed by atoms with E-state index in [1.165, 1.54) is 28.9 Å². The van der Waals surface area contributed by atoms with Crippen molar-refractivity contribution in [1.82, 2.24) is 4.68 Å². The van der Waals surface area contributed by atoms with Crippen molar-refractivity contribution in [2.45, 2.75) is 6.92 Å². The summed E-state index contributed by atoms with van der Waals surface area (Å²) in [6.45, 7) is 1.98. The molecule has 0 aliphatic carbocycles. The van der Waals surface area contributed by atoms with Gasteiger partial charge in [-0.1, -0.05) is 11.3 Å². The van der Waals surface area contributed by atoms with E-state index in [0.29, 0.717) is 15.8 Å². The summed E-state index contributed by atoms with van der Waals surface area (Å²) in [6.07, 6.45) is 0. The monoisotopic (exact) mass is 385 g/mol. The van der Waals surface area contributed by atoms with Gasteiger partial charge in [-0.3, -0.25) is 15.6 Å². The first-order valence-electron chi connectivity index (χ1n) is 7.92. The number of aromatic carboxylic acids is 1. The summed E-state index contributed by atoms with van der Waals surface area (Å²) >= 11 is 1.10. The number of carboxylic acid groups (broad SMARTS) is 1. The van der Waals surface area contributed by atoms with Crippen LogP contribution in [0.3, 0.4) is 0 Å². The highest BCUT2D eigenvalue weighted by atomic mass is 32.1. The van der Waals surface area contributed by atoms with Crippen LogP contribution in [0.15, 0.2) is 42.5 Å². The fourth-order valence-corrected chi connectivity index (χ4v) is 3.32. The molecule has 2 aromatic carbocycles. The molecule has 0 atom stereocenters. The Hall–Kier alpha value is -3.46. The van der Waals surface area contributed by atoms with Crippen LogP contribution in [0.1, 0.15) is 38.0 Å². The topological polar surface area (TPSA) is 121 Å². The fourth-order valence-electron chi connectivity index (χ4n) is 2.42. The second kappa shape index (κ2) is 7.42. The van der Waals surface area contributed by atoms with Crippen molar-refractivity contribution in [3.05, 3.63) is 64.0 Å². The zero-order chi connectivity index (χ0) is 19.6. The number of benzene rings is 2. The van der Waals surface area contributed by atoms with Gasteiger partial charge in [-0.05, 0) is 49.4 Å². The van der Waals surface area contributed by atoms with Crippen LogP contribution in [0.2, 0.25) is 0 Å². The predicted octanol–water partition coefficient (Wildman–Crippen LogP) is 2.44. The minimum absolute atomic E-state index is 0.0708. The molecule has 0 aliphatic rings. The Morgan fingerprint density at radius 1 is 1.11 bits per heavy atom. The molecule has 0 radical (unpaired) electrons. The van der Waals surface area contributed by atoms with E-state index in [-0.39, 0.29) is 22.5 Å². The number of carbonyl (C=O) groups is 3. The highest BCUT2D eigenvalue weighted by Crippen LogP contribution is 2.19. The molecule has 0 bridgehead atoms. The summed E-state index contributed by atoms with van der Waals surface area (Å²) in [7, 11) is 0. The molecule has 0 spiro atoms. The number of thiazole rings is 1. The van der Waals surface area contributed by atoms with E-state index in [4.69, 9.17) is 15.3 Å². The smallest absolute Gasteiger partial charge is 0.338 e. The summed E-state index contributed by atoms with van der Waals surface area (Å²) in [4.78, 5) is 35.2. The zero-order valence-electron chi connectivity index (χ0n) is 14.2. The largest absolute Gasteiger partial charge is 0.478 e. The van der Waals surface area contributed by atoms with Crippen LogP contribution < -0.4 is 10.2 Å². The minimum atomic E-state index is -1.08. The average molecular weight is 385 g/mol. The van der Waals surface area contributed by atoms with Gasteiger partial charge in [0, 0.05) is 5.56 Å². The normalized spacial score (nSPS) is 10.6. The number of nitrogens with zero attached hydrogens (tertiary/aromatic N) is 1. The Balaban J connectivity index is 1.89. The molecule has 8 nitrogen and oxygen atoms in total. The molecule has 138 valence electrons. The molecule has 3 N–H and O–H groups in total. The van der Waals surface area contributed by atoms with Crippen LogP contribution in [0, 0.1) is 5.41 Å². The van der Waals surface area contributed by atoms with Gasteiger partial charge in [-0.15, -0.1) is 0 Å². The van der Waals surface area contributed by atoms with E-state index in [1.54, 1.807) is 25.1 Å². The summed E-state index contributed by atoms with van der Waals surface area (Å²) in [5.41, 5.74) is 3.88. The molecule has 1 aromatic heterocycles. The second-order valence-electron chi connectivity index (χ2n) is 5.47. The van der Waals surface area contributed by atoms with E-state index < -0.39 is 17.8 Å². The molecule has 3 aromatic rings. The van der Waals surface area contributed by atoms with Crippen molar-refractivity contribution in [3.63, 3.8) is 0 Å². The van der Waals surface area contributed by atoms with E-state index in [1.807, 2.05) is 0 Å². The lowest BCUT2D eigenvalue weighted by Gasteiger charge is -2.08. The van der Waals surface area contributed by atoms with Crippen molar-refractivity contribution in [2.75, 3.05) is 12.0 Å². The van der Waals surface area contributed by atoms with Crippen molar-refractivity contribution >= 4 is 39.4 Å². The number of aromatic nitrogens is 1. The molecule has 0 saturated heterocycles. The number of carboxylic acids is 1. The average Bonchev–Trinajstić information content (AvgIpc) is 2.96. The number of carbonyl (C=O) groups excluding carboxylic acids is 2. The van der Waals surface area contributed by atoms with Gasteiger partial charge >= 0.3 is 11.9 Å². The van der Waals surface area contributed by atoms with Gasteiger partial charge < -0.3 is 9.84 Å². The minimum Gasteiger partial charge on any atom is -0.478 e. The molecule has 0 unspecified atom stereocenters. The molecule has 27 heavy (non-hydrogen) atoms. The first kappa shape index (κ1) is 18.3. The number of hydrogen-bond acceptors (Lipinski definition) is 6. The molecule has 0 aliphatic heterocycles. The van der Waals surface area contributed by atoms with Crippen LogP contribution in [0.25, 0.3) is 10.2 Å². The number of esters is 1. The summed E-state index contributed by atoms with van der Waals surface area (Å²) in [6, 6.07) is 10.3. The Morgan fingerprint density at radius 3 is 2.37 bits per heavy atom. The number of fused-ring (bicyclic) bond motifs is 1. The van der Waals surface area contributed by atoms with Crippen molar-refractivity contribution in [1.29, 1.82) is 5.41 Å². The lowest BCUT2D eigenvalue weighted by Crippen LogP contribution is -2.29. The highest BCUT2D eigenvalue weighted by molar-refractivity contribution is 7.16. The van der Waals surface area contributed by atoms with Crippen LogP contribution in [-0.2, 0) is 4.74 Å². The van der Waals surface area contributed by atoms with Gasteiger partial charge in [0.05, 0.1) is 28.0 Å². The van der Waals surface area contributed by atoms with Crippen molar-refractivity contribution in [2.24, 2.45) is 0 Å². The molecule has 0 fully saturated rings. The van der Waals surface area contributed by atoms with E-state index in [2.05, 4.69) is 5.43 Å². The van der Waals surface area contributed by atoms with Crippen molar-refractivity contribution in [3.8, 4) is 0 Å². The third-order valence-corrected chi connectivity index (χ3v) is 4.65. The molecular weight excluding hydrogens is 370 g/mol. The Labute approximate surface area is 157 Å². The summed E-state index contributed by atoms with van der Waals surface area (Å²) in [5, 5.41) is 17.0. The molecule has 1 heterocycles. The van der Waals surface area contributed by atoms with Gasteiger partial charge in [0.1, 0.15) is 0 Å². The van der Waals surface area contributed by atoms with E-state index in [9.17, 15) is 14.4 Å². The number of ether oxygens (including phenoxy) is 1. The second-order valence-corrected chi connectivity index (χ2v) is 6.50. The summed E-state index contributed by atoms with van der Waals surface area (Å²) in [5.74, 6) is -2.01.